The highest BCUT2D eigenvalue weighted by molar-refractivity contribution is 7.98. The zero-order chi connectivity index (χ0) is 19.3. The van der Waals surface area contributed by atoms with Gasteiger partial charge in [-0.25, -0.2) is 9.97 Å². The summed E-state index contributed by atoms with van der Waals surface area (Å²) in [5.74, 6) is 0.725. The Bertz CT molecular complexity index is 1020. The second-order valence-corrected chi connectivity index (χ2v) is 7.64. The number of hydrogen-bond donors (Lipinski definition) is 2. The van der Waals surface area contributed by atoms with Gasteiger partial charge in [0.1, 0.15) is 0 Å². The topological polar surface area (TPSA) is 75.6 Å². The average molecular weight is 392 g/mol. The predicted octanol–water partition coefficient (Wildman–Crippen LogP) is 3.87. The molecular weight excluding hydrogens is 370 g/mol. The number of benzene rings is 2. The molecule has 0 saturated heterocycles. The first-order valence-electron chi connectivity index (χ1n) is 9.10. The van der Waals surface area contributed by atoms with Crippen LogP contribution in [0.5, 0.6) is 0 Å². The van der Waals surface area contributed by atoms with E-state index in [-0.39, 0.29) is 11.9 Å². The molecule has 7 heteroatoms. The molecule has 2 heterocycles. The van der Waals surface area contributed by atoms with Gasteiger partial charge in [0, 0.05) is 36.3 Å². The lowest BCUT2D eigenvalue weighted by Crippen LogP contribution is -2.35. The lowest BCUT2D eigenvalue weighted by atomic mass is 10.1. The van der Waals surface area contributed by atoms with Crippen molar-refractivity contribution in [2.75, 3.05) is 0 Å². The van der Waals surface area contributed by atoms with Crippen molar-refractivity contribution in [2.24, 2.45) is 0 Å². The van der Waals surface area contributed by atoms with Gasteiger partial charge in [0.2, 0.25) is 0 Å². The Morgan fingerprint density at radius 1 is 1.21 bits per heavy atom. The van der Waals surface area contributed by atoms with E-state index in [1.165, 1.54) is 0 Å². The molecule has 2 N–H and O–H groups in total. The van der Waals surface area contributed by atoms with Crippen molar-refractivity contribution in [3.05, 3.63) is 78.4 Å². The summed E-state index contributed by atoms with van der Waals surface area (Å²) in [7, 11) is 0. The van der Waals surface area contributed by atoms with Gasteiger partial charge in [-0.3, -0.25) is 4.79 Å². The Hall–Kier alpha value is -3.06. The summed E-state index contributed by atoms with van der Waals surface area (Å²) in [4.78, 5) is 24.3. The summed E-state index contributed by atoms with van der Waals surface area (Å²) in [5.41, 5.74) is 3.83. The molecule has 1 unspecified atom stereocenters. The quantitative estimate of drug-likeness (QED) is 0.469. The van der Waals surface area contributed by atoms with Gasteiger partial charge in [-0.2, -0.15) is 0 Å². The number of fused-ring (bicyclic) bond motifs is 1. The van der Waals surface area contributed by atoms with Gasteiger partial charge < -0.3 is 14.9 Å². The molecule has 28 heavy (non-hydrogen) atoms. The van der Waals surface area contributed by atoms with Crippen LogP contribution in [0.1, 0.15) is 22.8 Å². The molecule has 0 spiro atoms. The number of nitrogens with zero attached hydrogens (tertiary/aromatic N) is 3. The molecule has 4 rings (SSSR count). The second kappa shape index (κ2) is 8.31. The van der Waals surface area contributed by atoms with E-state index in [1.807, 2.05) is 66.2 Å². The number of nitrogens with one attached hydrogen (secondary N) is 2. The van der Waals surface area contributed by atoms with Crippen LogP contribution < -0.4 is 5.32 Å². The van der Waals surface area contributed by atoms with Crippen molar-refractivity contribution in [1.82, 2.24) is 24.8 Å². The van der Waals surface area contributed by atoms with Crippen molar-refractivity contribution in [3.63, 3.8) is 0 Å². The van der Waals surface area contributed by atoms with Crippen molar-refractivity contribution >= 4 is 28.7 Å². The molecule has 0 bridgehead atoms. The van der Waals surface area contributed by atoms with Gasteiger partial charge in [0.05, 0.1) is 17.4 Å². The van der Waals surface area contributed by atoms with Crippen LogP contribution in [0.3, 0.4) is 0 Å². The third kappa shape index (κ3) is 4.43. The van der Waals surface area contributed by atoms with E-state index in [0.29, 0.717) is 12.1 Å². The molecule has 1 atom stereocenters. The van der Waals surface area contributed by atoms with Gasteiger partial charge in [-0.05, 0) is 36.8 Å². The van der Waals surface area contributed by atoms with E-state index in [2.05, 4.69) is 20.3 Å². The van der Waals surface area contributed by atoms with E-state index in [0.717, 1.165) is 27.5 Å². The highest BCUT2D eigenvalue weighted by atomic mass is 32.2. The van der Waals surface area contributed by atoms with Crippen LogP contribution in [0.2, 0.25) is 0 Å². The lowest BCUT2D eigenvalue weighted by molar-refractivity contribution is 0.0936. The minimum Gasteiger partial charge on any atom is -0.348 e. The maximum atomic E-state index is 12.4. The van der Waals surface area contributed by atoms with E-state index in [4.69, 9.17) is 0 Å². The van der Waals surface area contributed by atoms with Crippen LogP contribution >= 0.6 is 11.8 Å². The molecular formula is C21H21N5OS. The Morgan fingerprint density at radius 2 is 2.04 bits per heavy atom. The predicted molar refractivity (Wildman–Crippen MR) is 111 cm³/mol. The molecule has 0 radical (unpaired) electrons. The van der Waals surface area contributed by atoms with Crippen LogP contribution in [0.25, 0.3) is 11.0 Å². The fraction of sp³-hybridized carbons (Fsp3) is 0.190. The summed E-state index contributed by atoms with van der Waals surface area (Å²) in [5, 5.41) is 3.92. The lowest BCUT2D eigenvalue weighted by Gasteiger charge is -2.14. The van der Waals surface area contributed by atoms with Gasteiger partial charge >= 0.3 is 0 Å². The highest BCUT2D eigenvalue weighted by Gasteiger charge is 2.10. The van der Waals surface area contributed by atoms with Gasteiger partial charge in [-0.15, -0.1) is 0 Å². The number of carbonyl (C=O) groups is 1. The van der Waals surface area contributed by atoms with Crippen LogP contribution in [-0.2, 0) is 12.3 Å². The van der Waals surface area contributed by atoms with Crippen LogP contribution in [0, 0.1) is 0 Å². The number of thioether (sulfide) groups is 1. The third-order valence-corrected chi connectivity index (χ3v) is 5.33. The van der Waals surface area contributed by atoms with E-state index >= 15 is 0 Å². The standard InChI is InChI=1S/C21H21N5OS/c1-15(12-26-11-10-22-14-26)23-20(27)17-8-6-16(7-9-17)13-28-21-24-18-4-2-3-5-19(18)25-21/h2-11,14-15H,12-13H2,1H3,(H,23,27)(H,24,25). The molecule has 0 aliphatic heterocycles. The first-order valence-corrected chi connectivity index (χ1v) is 10.1. The molecule has 1 amide bonds. The van der Waals surface area contributed by atoms with E-state index < -0.39 is 0 Å². The number of amides is 1. The number of carbonyl (C=O) groups excluding carboxylic acids is 1. The van der Waals surface area contributed by atoms with Crippen LogP contribution in [0.15, 0.2) is 72.4 Å². The average Bonchev–Trinajstić information content (AvgIpc) is 3.35. The number of aromatic nitrogens is 4. The van der Waals surface area contributed by atoms with Gasteiger partial charge in [0.25, 0.3) is 5.91 Å². The zero-order valence-electron chi connectivity index (χ0n) is 15.5. The normalized spacial score (nSPS) is 12.2. The summed E-state index contributed by atoms with van der Waals surface area (Å²) in [6.45, 7) is 2.67. The number of aromatic amines is 1. The fourth-order valence-electron chi connectivity index (χ4n) is 2.97. The summed E-state index contributed by atoms with van der Waals surface area (Å²) >= 11 is 1.65. The second-order valence-electron chi connectivity index (χ2n) is 6.68. The largest absolute Gasteiger partial charge is 0.348 e. The summed E-state index contributed by atoms with van der Waals surface area (Å²) in [6.07, 6.45) is 5.37. The summed E-state index contributed by atoms with van der Waals surface area (Å²) in [6, 6.07) is 15.7. The smallest absolute Gasteiger partial charge is 0.251 e. The Kier molecular flexibility index (Phi) is 5.43. The Balaban J connectivity index is 1.32. The minimum atomic E-state index is -0.0656. The first kappa shape index (κ1) is 18.3. The van der Waals surface area contributed by atoms with Crippen LogP contribution in [-0.4, -0.2) is 31.5 Å². The molecule has 6 nitrogen and oxygen atoms in total. The molecule has 142 valence electrons. The van der Waals surface area contributed by atoms with Gasteiger partial charge in [-0.1, -0.05) is 36.0 Å². The Morgan fingerprint density at radius 3 is 2.79 bits per heavy atom. The molecule has 0 aliphatic carbocycles. The van der Waals surface area contributed by atoms with Gasteiger partial charge in [0.15, 0.2) is 5.16 Å². The third-order valence-electron chi connectivity index (χ3n) is 4.38. The molecule has 0 aliphatic rings. The molecule has 2 aromatic heterocycles. The summed E-state index contributed by atoms with van der Waals surface area (Å²) < 4.78 is 1.95. The number of rotatable bonds is 7. The molecule has 0 fully saturated rings. The van der Waals surface area contributed by atoms with Crippen molar-refractivity contribution in [1.29, 1.82) is 0 Å². The van der Waals surface area contributed by atoms with E-state index in [1.54, 1.807) is 24.3 Å². The Labute approximate surface area is 167 Å². The van der Waals surface area contributed by atoms with Crippen molar-refractivity contribution < 1.29 is 4.79 Å². The zero-order valence-corrected chi connectivity index (χ0v) is 16.3. The van der Waals surface area contributed by atoms with Crippen molar-refractivity contribution in [3.8, 4) is 0 Å². The molecule has 2 aromatic carbocycles. The molecule has 4 aromatic rings. The minimum absolute atomic E-state index is 0.0185. The number of para-hydroxylation sites is 2. The van der Waals surface area contributed by atoms with E-state index in [9.17, 15) is 4.79 Å². The SMILES string of the molecule is CC(Cn1ccnc1)NC(=O)c1ccc(CSc2nc3ccccc3[nH]2)cc1. The number of H-pyrrole nitrogens is 1. The molecule has 0 saturated carbocycles. The van der Waals surface area contributed by atoms with Crippen molar-refractivity contribution in [2.45, 2.75) is 30.4 Å². The fourth-order valence-corrected chi connectivity index (χ4v) is 3.81. The number of imidazole rings is 2. The van der Waals surface area contributed by atoms with Crippen LogP contribution in [0.4, 0.5) is 0 Å². The monoisotopic (exact) mass is 391 g/mol. The highest BCUT2D eigenvalue weighted by Crippen LogP contribution is 2.23. The maximum absolute atomic E-state index is 12.4. The first-order chi connectivity index (χ1) is 13.7. The number of hydrogen-bond acceptors (Lipinski definition) is 4. The maximum Gasteiger partial charge on any atom is 0.251 e.